The second-order valence-corrected chi connectivity index (χ2v) is 5.70. The second-order valence-electron chi connectivity index (χ2n) is 5.70. The molecular formula is C17H22O2. The maximum Gasteiger partial charge on any atom is 0.165 e. The van der Waals surface area contributed by atoms with Crippen molar-refractivity contribution < 1.29 is 9.47 Å². The molecule has 0 bridgehead atoms. The van der Waals surface area contributed by atoms with Crippen LogP contribution in [0.5, 0.6) is 11.5 Å². The van der Waals surface area contributed by atoms with Gasteiger partial charge in [-0.25, -0.2) is 0 Å². The molecule has 2 aliphatic rings. The number of methoxy groups -OCH3 is 1. The molecule has 0 aromatic heterocycles. The fraction of sp³-hybridized carbons (Fsp3) is 0.529. The lowest BCUT2D eigenvalue weighted by atomic mass is 9.82. The molecule has 1 aliphatic carbocycles. The minimum absolute atomic E-state index is 0.293. The number of rotatable bonds is 3. The zero-order valence-electron chi connectivity index (χ0n) is 12.0. The first-order valence-corrected chi connectivity index (χ1v) is 7.29. The van der Waals surface area contributed by atoms with Crippen LogP contribution in [0, 0.1) is 5.92 Å². The van der Waals surface area contributed by atoms with Crippen LogP contribution in [-0.4, -0.2) is 13.2 Å². The third kappa shape index (κ3) is 2.03. The highest BCUT2D eigenvalue weighted by atomic mass is 16.5. The predicted molar refractivity (Wildman–Crippen MR) is 77.1 cm³/mol. The Kier molecular flexibility index (Phi) is 3.26. The number of ether oxygens (including phenoxy) is 2. The fourth-order valence-electron chi connectivity index (χ4n) is 3.34. The van der Waals surface area contributed by atoms with Crippen molar-refractivity contribution in [2.24, 2.45) is 5.92 Å². The van der Waals surface area contributed by atoms with Crippen LogP contribution < -0.4 is 9.47 Å². The van der Waals surface area contributed by atoms with Crippen molar-refractivity contribution in [3.63, 3.8) is 0 Å². The zero-order chi connectivity index (χ0) is 13.4. The van der Waals surface area contributed by atoms with Crippen molar-refractivity contribution in [3.05, 3.63) is 35.4 Å². The minimum Gasteiger partial charge on any atom is -0.493 e. The van der Waals surface area contributed by atoms with Gasteiger partial charge in [0, 0.05) is 11.5 Å². The van der Waals surface area contributed by atoms with Crippen molar-refractivity contribution in [2.45, 2.75) is 45.1 Å². The predicted octanol–water partition coefficient (Wildman–Crippen LogP) is 4.09. The van der Waals surface area contributed by atoms with Crippen LogP contribution in [0.15, 0.2) is 24.3 Å². The normalized spacial score (nSPS) is 27.6. The molecule has 1 aliphatic heterocycles. The van der Waals surface area contributed by atoms with Gasteiger partial charge in [0.2, 0.25) is 0 Å². The average Bonchev–Trinajstić information content (AvgIpc) is 2.78. The van der Waals surface area contributed by atoms with Gasteiger partial charge in [0.05, 0.1) is 7.11 Å². The monoisotopic (exact) mass is 258 g/mol. The first-order valence-electron chi connectivity index (χ1n) is 7.29. The van der Waals surface area contributed by atoms with E-state index in [1.165, 1.54) is 11.1 Å². The molecule has 3 atom stereocenters. The van der Waals surface area contributed by atoms with Gasteiger partial charge < -0.3 is 9.47 Å². The maximum atomic E-state index is 6.21. The van der Waals surface area contributed by atoms with Gasteiger partial charge in [0.15, 0.2) is 11.5 Å². The highest BCUT2D eigenvalue weighted by Crippen LogP contribution is 2.50. The molecule has 3 rings (SSSR count). The van der Waals surface area contributed by atoms with Crippen LogP contribution in [0.1, 0.15) is 43.7 Å². The van der Waals surface area contributed by atoms with Crippen molar-refractivity contribution in [3.8, 4) is 11.5 Å². The molecule has 19 heavy (non-hydrogen) atoms. The Labute approximate surface area is 115 Å². The Bertz CT molecular complexity index is 504. The van der Waals surface area contributed by atoms with Gasteiger partial charge in [0.25, 0.3) is 0 Å². The van der Waals surface area contributed by atoms with Crippen LogP contribution >= 0.6 is 0 Å². The first kappa shape index (κ1) is 12.6. The molecule has 102 valence electrons. The summed E-state index contributed by atoms with van der Waals surface area (Å²) in [6.45, 7) is 4.48. The van der Waals surface area contributed by atoms with Crippen LogP contribution in [0.25, 0.3) is 0 Å². The van der Waals surface area contributed by atoms with E-state index >= 15 is 0 Å². The molecule has 1 aromatic rings. The minimum atomic E-state index is 0.293. The number of benzene rings is 1. The summed E-state index contributed by atoms with van der Waals surface area (Å²) in [5.74, 6) is 2.89. The van der Waals surface area contributed by atoms with Gasteiger partial charge in [-0.2, -0.15) is 0 Å². The third-order valence-electron chi connectivity index (χ3n) is 4.24. The van der Waals surface area contributed by atoms with Crippen LogP contribution in [-0.2, 0) is 6.42 Å². The molecule has 0 radical (unpaired) electrons. The number of allylic oxidation sites excluding steroid dienone is 1. The molecule has 1 heterocycles. The highest BCUT2D eigenvalue weighted by molar-refractivity contribution is 5.57. The van der Waals surface area contributed by atoms with E-state index < -0.39 is 0 Å². The van der Waals surface area contributed by atoms with Gasteiger partial charge in [-0.3, -0.25) is 0 Å². The molecule has 2 nitrogen and oxygen atoms in total. The number of aryl methyl sites for hydroxylation is 1. The lowest BCUT2D eigenvalue weighted by Gasteiger charge is -2.24. The highest BCUT2D eigenvalue weighted by Gasteiger charge is 2.38. The van der Waals surface area contributed by atoms with E-state index in [0.717, 1.165) is 30.8 Å². The first-order chi connectivity index (χ1) is 9.24. The van der Waals surface area contributed by atoms with Crippen molar-refractivity contribution >= 4 is 0 Å². The lowest BCUT2D eigenvalue weighted by Crippen LogP contribution is -2.23. The zero-order valence-corrected chi connectivity index (χ0v) is 12.0. The Morgan fingerprint density at radius 1 is 1.32 bits per heavy atom. The Balaban J connectivity index is 2.07. The Hall–Kier alpha value is -1.44. The largest absolute Gasteiger partial charge is 0.493 e. The number of fused-ring (bicyclic) bond motifs is 3. The molecular weight excluding hydrogens is 236 g/mol. The molecule has 3 unspecified atom stereocenters. The van der Waals surface area contributed by atoms with E-state index in [0.29, 0.717) is 17.9 Å². The summed E-state index contributed by atoms with van der Waals surface area (Å²) in [6.07, 6.45) is 8.34. The summed E-state index contributed by atoms with van der Waals surface area (Å²) in [5.41, 5.74) is 2.79. The summed E-state index contributed by atoms with van der Waals surface area (Å²) in [6, 6.07) is 4.26. The van der Waals surface area contributed by atoms with Crippen LogP contribution in [0.4, 0.5) is 0 Å². The molecule has 0 N–H and O–H groups in total. The fourth-order valence-corrected chi connectivity index (χ4v) is 3.34. The van der Waals surface area contributed by atoms with E-state index in [1.807, 2.05) is 6.07 Å². The van der Waals surface area contributed by atoms with Crippen LogP contribution in [0.2, 0.25) is 0 Å². The molecule has 2 heteroatoms. The summed E-state index contributed by atoms with van der Waals surface area (Å²) in [4.78, 5) is 0. The van der Waals surface area contributed by atoms with Gasteiger partial charge >= 0.3 is 0 Å². The third-order valence-corrected chi connectivity index (χ3v) is 4.24. The van der Waals surface area contributed by atoms with E-state index in [4.69, 9.17) is 9.47 Å². The maximum absolute atomic E-state index is 6.21. The van der Waals surface area contributed by atoms with Gasteiger partial charge in [0.1, 0.15) is 6.10 Å². The van der Waals surface area contributed by atoms with Crippen LogP contribution in [0.3, 0.4) is 0 Å². The van der Waals surface area contributed by atoms with Gasteiger partial charge in [-0.1, -0.05) is 38.5 Å². The van der Waals surface area contributed by atoms with E-state index in [2.05, 4.69) is 32.1 Å². The number of hydrogen-bond donors (Lipinski definition) is 0. The lowest BCUT2D eigenvalue weighted by molar-refractivity contribution is 0.182. The van der Waals surface area contributed by atoms with Gasteiger partial charge in [-0.15, -0.1) is 0 Å². The molecule has 1 aromatic carbocycles. The quantitative estimate of drug-likeness (QED) is 0.760. The molecule has 0 amide bonds. The molecule has 0 saturated heterocycles. The SMILES string of the molecule is CCCc1ccc(OC)c2c1C1C=CC(C)CC1O2. The topological polar surface area (TPSA) is 18.5 Å². The van der Waals surface area contributed by atoms with E-state index in [9.17, 15) is 0 Å². The summed E-state index contributed by atoms with van der Waals surface area (Å²) in [7, 11) is 1.72. The number of hydrogen-bond acceptors (Lipinski definition) is 2. The van der Waals surface area contributed by atoms with E-state index in [1.54, 1.807) is 7.11 Å². The Morgan fingerprint density at radius 3 is 2.89 bits per heavy atom. The molecule has 0 fully saturated rings. The average molecular weight is 258 g/mol. The molecule has 0 saturated carbocycles. The second kappa shape index (κ2) is 4.92. The van der Waals surface area contributed by atoms with Gasteiger partial charge in [-0.05, 0) is 30.4 Å². The smallest absolute Gasteiger partial charge is 0.165 e. The Morgan fingerprint density at radius 2 is 2.16 bits per heavy atom. The van der Waals surface area contributed by atoms with E-state index in [-0.39, 0.29) is 0 Å². The summed E-state index contributed by atoms with van der Waals surface area (Å²) in [5, 5.41) is 0. The summed E-state index contributed by atoms with van der Waals surface area (Å²) >= 11 is 0. The summed E-state index contributed by atoms with van der Waals surface area (Å²) < 4.78 is 11.7. The van der Waals surface area contributed by atoms with Crippen molar-refractivity contribution in [1.29, 1.82) is 0 Å². The molecule has 0 spiro atoms. The standard InChI is InChI=1S/C17H22O2/c1-4-5-12-7-9-14(18-3)17-16(12)13-8-6-11(2)10-15(13)19-17/h6-9,11,13,15H,4-5,10H2,1-3H3. The van der Waals surface area contributed by atoms with Crippen molar-refractivity contribution in [1.82, 2.24) is 0 Å². The van der Waals surface area contributed by atoms with Crippen molar-refractivity contribution in [2.75, 3.05) is 7.11 Å².